The zero-order valence-corrected chi connectivity index (χ0v) is 21.2. The van der Waals surface area contributed by atoms with E-state index in [0.29, 0.717) is 18.5 Å². The summed E-state index contributed by atoms with van der Waals surface area (Å²) < 4.78 is 5.23. The lowest BCUT2D eigenvalue weighted by molar-refractivity contribution is -0.139. The monoisotopic (exact) mass is 484 g/mol. The number of amides is 1. The van der Waals surface area contributed by atoms with Gasteiger partial charge in [-0.3, -0.25) is 9.59 Å². The number of carbonyl (C=O) groups excluding carboxylic acids is 2. The van der Waals surface area contributed by atoms with Crippen LogP contribution in [0.5, 0.6) is 5.75 Å². The Morgan fingerprint density at radius 2 is 1.53 bits per heavy atom. The Balaban J connectivity index is 1.74. The number of hydrogen-bond donors (Lipinski definition) is 1. The molecule has 1 atom stereocenters. The molecule has 1 aliphatic rings. The zero-order chi connectivity index (χ0) is 25.8. The summed E-state index contributed by atoms with van der Waals surface area (Å²) in [6, 6.07) is 22.2. The van der Waals surface area contributed by atoms with Crippen LogP contribution in [0.1, 0.15) is 35.2 Å². The van der Waals surface area contributed by atoms with Crippen molar-refractivity contribution in [2.75, 3.05) is 32.6 Å². The zero-order valence-electron chi connectivity index (χ0n) is 21.2. The molecule has 0 bridgehead atoms. The van der Waals surface area contributed by atoms with E-state index in [2.05, 4.69) is 6.92 Å². The van der Waals surface area contributed by atoms with Crippen LogP contribution in [0, 0.1) is 0 Å². The molecule has 0 radical (unpaired) electrons. The number of aryl methyl sites for hydroxylation is 1. The second kappa shape index (κ2) is 10.7. The molecule has 1 unspecified atom stereocenters. The molecule has 36 heavy (non-hydrogen) atoms. The summed E-state index contributed by atoms with van der Waals surface area (Å²) in [6.45, 7) is 2.39. The summed E-state index contributed by atoms with van der Waals surface area (Å²) in [4.78, 5) is 30.1. The number of aliphatic hydroxyl groups is 1. The van der Waals surface area contributed by atoms with Crippen molar-refractivity contribution in [1.29, 1.82) is 0 Å². The lowest BCUT2D eigenvalue weighted by Crippen LogP contribution is -2.31. The predicted molar refractivity (Wildman–Crippen MR) is 142 cm³/mol. The maximum absolute atomic E-state index is 13.3. The molecule has 3 aromatic rings. The highest BCUT2D eigenvalue weighted by Crippen LogP contribution is 2.40. The number of rotatable bonds is 8. The molecule has 6 nitrogen and oxygen atoms in total. The van der Waals surface area contributed by atoms with Gasteiger partial charge < -0.3 is 19.6 Å². The lowest BCUT2D eigenvalue weighted by atomic mass is 9.94. The third-order valence-corrected chi connectivity index (χ3v) is 6.70. The van der Waals surface area contributed by atoms with Gasteiger partial charge in [-0.05, 0) is 53.8 Å². The van der Waals surface area contributed by atoms with E-state index in [1.54, 1.807) is 24.1 Å². The molecule has 1 fully saturated rings. The van der Waals surface area contributed by atoms with Crippen molar-refractivity contribution in [3.8, 4) is 5.75 Å². The number of ketones is 1. The number of nitrogens with zero attached hydrogens (tertiary/aromatic N) is 2. The molecular weight excluding hydrogens is 452 g/mol. The average Bonchev–Trinajstić information content (AvgIpc) is 3.16. The Morgan fingerprint density at radius 3 is 2.08 bits per heavy atom. The lowest BCUT2D eigenvalue weighted by Gasteiger charge is -2.26. The molecule has 186 valence electrons. The topological polar surface area (TPSA) is 70.1 Å². The summed E-state index contributed by atoms with van der Waals surface area (Å²) in [7, 11) is 5.53. The molecule has 1 heterocycles. The minimum atomic E-state index is -0.676. The van der Waals surface area contributed by atoms with Crippen molar-refractivity contribution in [2.24, 2.45) is 0 Å². The minimum absolute atomic E-state index is 0.122. The van der Waals surface area contributed by atoms with Crippen molar-refractivity contribution in [3.05, 3.63) is 101 Å². The third-order valence-electron chi connectivity index (χ3n) is 6.70. The molecule has 0 aromatic heterocycles. The number of benzene rings is 3. The van der Waals surface area contributed by atoms with Crippen molar-refractivity contribution < 1.29 is 19.4 Å². The van der Waals surface area contributed by atoms with Crippen LogP contribution in [0.4, 0.5) is 5.69 Å². The minimum Gasteiger partial charge on any atom is -0.507 e. The highest BCUT2D eigenvalue weighted by atomic mass is 16.5. The first-order chi connectivity index (χ1) is 17.3. The van der Waals surface area contributed by atoms with Gasteiger partial charge in [0.2, 0.25) is 0 Å². The van der Waals surface area contributed by atoms with Crippen LogP contribution in [0.15, 0.2) is 78.4 Å². The Morgan fingerprint density at radius 1 is 0.917 bits per heavy atom. The number of Topliss-reactive ketones (excluding diaryl/α,β-unsaturated/α-hetero) is 1. The molecule has 1 saturated heterocycles. The van der Waals surface area contributed by atoms with Gasteiger partial charge in [0.25, 0.3) is 11.7 Å². The Kier molecular flexibility index (Phi) is 7.44. The molecule has 1 aliphatic heterocycles. The highest BCUT2D eigenvalue weighted by Gasteiger charge is 2.45. The standard InChI is InChI=1S/C30H32N2O4/c1-5-20-6-10-23(11-7-20)28(33)26-27(22-12-14-24(15-13-22)31(2)3)32(30(35)29(26)34)19-18-21-8-16-25(36-4)17-9-21/h6-17,27,33H,5,18-19H2,1-4H3/b28-26-. The van der Waals surface area contributed by atoms with Crippen LogP contribution in [0.3, 0.4) is 0 Å². The molecule has 0 aliphatic carbocycles. The van der Waals surface area contributed by atoms with Crippen molar-refractivity contribution in [1.82, 2.24) is 4.90 Å². The van der Waals surface area contributed by atoms with Crippen molar-refractivity contribution in [3.63, 3.8) is 0 Å². The number of ether oxygens (including phenoxy) is 1. The Hall–Kier alpha value is -4.06. The van der Waals surface area contributed by atoms with Crippen LogP contribution in [0.2, 0.25) is 0 Å². The normalized spacial score (nSPS) is 16.9. The molecule has 3 aromatic carbocycles. The molecule has 0 saturated carbocycles. The largest absolute Gasteiger partial charge is 0.507 e. The Labute approximate surface area is 212 Å². The van der Waals surface area contributed by atoms with Crippen LogP contribution < -0.4 is 9.64 Å². The van der Waals surface area contributed by atoms with Crippen molar-refractivity contribution >= 4 is 23.1 Å². The first kappa shape index (κ1) is 25.0. The first-order valence-corrected chi connectivity index (χ1v) is 12.1. The summed E-state index contributed by atoms with van der Waals surface area (Å²) in [6.07, 6.45) is 1.43. The fourth-order valence-electron chi connectivity index (χ4n) is 4.51. The van der Waals surface area contributed by atoms with E-state index in [4.69, 9.17) is 4.74 Å². The highest BCUT2D eigenvalue weighted by molar-refractivity contribution is 6.46. The molecule has 4 rings (SSSR count). The van der Waals surface area contributed by atoms with E-state index in [9.17, 15) is 14.7 Å². The van der Waals surface area contributed by atoms with Crippen LogP contribution >= 0.6 is 0 Å². The van der Waals surface area contributed by atoms with E-state index in [0.717, 1.165) is 34.5 Å². The van der Waals surface area contributed by atoms with Gasteiger partial charge in [-0.2, -0.15) is 0 Å². The van der Waals surface area contributed by atoms with Crippen LogP contribution in [-0.4, -0.2) is 49.4 Å². The second-order valence-corrected chi connectivity index (χ2v) is 9.13. The number of aliphatic hydroxyl groups excluding tert-OH is 1. The van der Waals surface area contributed by atoms with Gasteiger partial charge in [0.15, 0.2) is 0 Å². The van der Waals surface area contributed by atoms with Gasteiger partial charge >= 0.3 is 0 Å². The van der Waals surface area contributed by atoms with Crippen molar-refractivity contribution in [2.45, 2.75) is 25.8 Å². The average molecular weight is 485 g/mol. The maximum Gasteiger partial charge on any atom is 0.295 e. The maximum atomic E-state index is 13.3. The Bertz CT molecular complexity index is 1260. The number of hydrogen-bond acceptors (Lipinski definition) is 5. The van der Waals surface area contributed by atoms with Gasteiger partial charge in [-0.1, -0.05) is 55.5 Å². The SMILES string of the molecule is CCc1ccc(/C(O)=C2/C(=O)C(=O)N(CCc3ccc(OC)cc3)C2c2ccc(N(C)C)cc2)cc1. The van der Waals surface area contributed by atoms with E-state index in [1.807, 2.05) is 79.7 Å². The number of anilines is 1. The van der Waals surface area contributed by atoms with E-state index in [-0.39, 0.29) is 11.3 Å². The van der Waals surface area contributed by atoms with Gasteiger partial charge in [-0.15, -0.1) is 0 Å². The van der Waals surface area contributed by atoms with Crippen LogP contribution in [0.25, 0.3) is 5.76 Å². The second-order valence-electron chi connectivity index (χ2n) is 9.13. The molecular formula is C30H32N2O4. The summed E-state index contributed by atoms with van der Waals surface area (Å²) in [5.74, 6) is -0.653. The molecule has 1 amide bonds. The molecule has 6 heteroatoms. The van der Waals surface area contributed by atoms with Gasteiger partial charge in [-0.25, -0.2) is 0 Å². The molecule has 0 spiro atoms. The van der Waals surface area contributed by atoms with Gasteiger partial charge in [0.05, 0.1) is 18.7 Å². The fraction of sp³-hybridized carbons (Fsp3) is 0.267. The fourth-order valence-corrected chi connectivity index (χ4v) is 4.51. The quantitative estimate of drug-likeness (QED) is 0.277. The van der Waals surface area contributed by atoms with Gasteiger partial charge in [0, 0.05) is 31.9 Å². The van der Waals surface area contributed by atoms with E-state index < -0.39 is 17.7 Å². The summed E-state index contributed by atoms with van der Waals surface area (Å²) >= 11 is 0. The summed E-state index contributed by atoms with van der Waals surface area (Å²) in [5.41, 5.74) is 4.58. The molecule has 1 N–H and O–H groups in total. The third kappa shape index (κ3) is 4.98. The summed E-state index contributed by atoms with van der Waals surface area (Å²) in [5, 5.41) is 11.3. The first-order valence-electron chi connectivity index (χ1n) is 12.1. The smallest absolute Gasteiger partial charge is 0.295 e. The number of carbonyl (C=O) groups is 2. The van der Waals surface area contributed by atoms with E-state index in [1.165, 1.54) is 0 Å². The number of likely N-dealkylation sites (tertiary alicyclic amines) is 1. The van der Waals surface area contributed by atoms with Gasteiger partial charge in [0.1, 0.15) is 11.5 Å². The van der Waals surface area contributed by atoms with E-state index >= 15 is 0 Å². The number of methoxy groups -OCH3 is 1. The predicted octanol–water partition coefficient (Wildman–Crippen LogP) is 4.99. The van der Waals surface area contributed by atoms with Crippen LogP contribution in [-0.2, 0) is 22.4 Å².